The monoisotopic (exact) mass is 325 g/mol. The molecule has 0 saturated heterocycles. The highest BCUT2D eigenvalue weighted by Crippen LogP contribution is 2.19. The van der Waals surface area contributed by atoms with Crippen molar-refractivity contribution >= 4 is 33.2 Å². The van der Waals surface area contributed by atoms with E-state index in [1.165, 1.54) is 36.4 Å². The zero-order valence-corrected chi connectivity index (χ0v) is 12.9. The summed E-state index contributed by atoms with van der Waals surface area (Å²) in [6, 6.07) is 5.54. The van der Waals surface area contributed by atoms with Crippen LogP contribution in [0.4, 0.5) is 0 Å². The van der Waals surface area contributed by atoms with Crippen molar-refractivity contribution in [3.8, 4) is 0 Å². The molecule has 1 aromatic carbocycles. The summed E-state index contributed by atoms with van der Waals surface area (Å²) < 4.78 is 28.7. The Morgan fingerprint density at radius 1 is 1.05 bits per heavy atom. The Morgan fingerprint density at radius 2 is 1.57 bits per heavy atom. The van der Waals surface area contributed by atoms with Crippen molar-refractivity contribution in [2.24, 2.45) is 5.16 Å². The van der Waals surface area contributed by atoms with Crippen LogP contribution in [0, 0.1) is 0 Å². The molecule has 1 aliphatic rings. The lowest BCUT2D eigenvalue weighted by molar-refractivity contribution is -0.110. The molecule has 0 radical (unpaired) electrons. The van der Waals surface area contributed by atoms with Gasteiger partial charge in [-0.3, -0.25) is 9.08 Å². The van der Waals surface area contributed by atoms with E-state index in [0.717, 1.165) is 0 Å². The van der Waals surface area contributed by atoms with Crippen LogP contribution in [0.15, 0.2) is 57.6 Å². The standard InChI is InChI=1S/C14H12ClNO4S/c1-9-7-12(17)8-10(2)14(9)16-20-21(18,19)13-5-3-11(15)4-6-13/h3-8H,1-2H3. The minimum Gasteiger partial charge on any atom is -0.290 e. The summed E-state index contributed by atoms with van der Waals surface area (Å²) in [4.78, 5) is 11.3. The molecule has 0 aliphatic heterocycles. The number of hydrogen-bond donors (Lipinski definition) is 0. The topological polar surface area (TPSA) is 72.8 Å². The third kappa shape index (κ3) is 3.59. The fraction of sp³-hybridized carbons (Fsp3) is 0.143. The first kappa shape index (κ1) is 15.5. The first-order chi connectivity index (χ1) is 9.79. The van der Waals surface area contributed by atoms with Crippen LogP contribution in [-0.2, 0) is 19.2 Å². The molecule has 21 heavy (non-hydrogen) atoms. The largest absolute Gasteiger partial charge is 0.358 e. The summed E-state index contributed by atoms with van der Waals surface area (Å²) in [7, 11) is -4.02. The van der Waals surface area contributed by atoms with E-state index >= 15 is 0 Å². The van der Waals surface area contributed by atoms with E-state index in [9.17, 15) is 13.2 Å². The lowest BCUT2D eigenvalue weighted by Crippen LogP contribution is -2.13. The van der Waals surface area contributed by atoms with Gasteiger partial charge in [0, 0.05) is 5.02 Å². The van der Waals surface area contributed by atoms with E-state index in [4.69, 9.17) is 15.9 Å². The fourth-order valence-corrected chi connectivity index (χ4v) is 2.64. The van der Waals surface area contributed by atoms with Gasteiger partial charge < -0.3 is 0 Å². The maximum atomic E-state index is 12.0. The second-order valence-electron chi connectivity index (χ2n) is 4.48. The molecule has 7 heteroatoms. The lowest BCUT2D eigenvalue weighted by atomic mass is 9.98. The number of carbonyl (C=O) groups is 1. The number of carbonyl (C=O) groups excluding carboxylic acids is 1. The average Bonchev–Trinajstić information content (AvgIpc) is 2.37. The summed E-state index contributed by atoms with van der Waals surface area (Å²) in [6.45, 7) is 3.32. The van der Waals surface area contributed by atoms with Crippen LogP contribution in [0.3, 0.4) is 0 Å². The molecule has 0 spiro atoms. The number of halogens is 1. The predicted molar refractivity (Wildman–Crippen MR) is 79.7 cm³/mol. The molecular weight excluding hydrogens is 314 g/mol. The molecule has 0 bridgehead atoms. The summed E-state index contributed by atoms with van der Waals surface area (Å²) in [5.41, 5.74) is 1.42. The van der Waals surface area contributed by atoms with E-state index in [1.54, 1.807) is 13.8 Å². The van der Waals surface area contributed by atoms with Gasteiger partial charge in [0.05, 0.1) is 0 Å². The third-order valence-electron chi connectivity index (χ3n) is 2.79. The fourth-order valence-electron chi connectivity index (χ4n) is 1.79. The average molecular weight is 326 g/mol. The Hall–Kier alpha value is -1.92. The highest BCUT2D eigenvalue weighted by atomic mass is 35.5. The first-order valence-electron chi connectivity index (χ1n) is 5.98. The van der Waals surface area contributed by atoms with Gasteiger partial charge in [-0.25, -0.2) is 0 Å². The Balaban J connectivity index is 2.28. The molecule has 0 heterocycles. The van der Waals surface area contributed by atoms with Crippen molar-refractivity contribution in [3.63, 3.8) is 0 Å². The van der Waals surface area contributed by atoms with E-state index in [1.807, 2.05) is 0 Å². The number of oxime groups is 1. The van der Waals surface area contributed by atoms with Crippen molar-refractivity contribution in [3.05, 3.63) is 52.6 Å². The number of rotatable bonds is 3. The molecule has 0 unspecified atom stereocenters. The van der Waals surface area contributed by atoms with E-state index < -0.39 is 10.1 Å². The number of ketones is 1. The van der Waals surface area contributed by atoms with Gasteiger partial charge in [0.15, 0.2) is 5.78 Å². The van der Waals surface area contributed by atoms with Gasteiger partial charge in [-0.15, -0.1) is 0 Å². The van der Waals surface area contributed by atoms with Crippen molar-refractivity contribution in [1.82, 2.24) is 0 Å². The second-order valence-corrected chi connectivity index (χ2v) is 6.44. The highest BCUT2D eigenvalue weighted by Gasteiger charge is 2.19. The number of hydrogen-bond acceptors (Lipinski definition) is 5. The quantitative estimate of drug-likeness (QED) is 0.632. The van der Waals surface area contributed by atoms with Crippen LogP contribution in [0.2, 0.25) is 5.02 Å². The van der Waals surface area contributed by atoms with Gasteiger partial charge in [0.2, 0.25) is 0 Å². The molecule has 110 valence electrons. The summed E-state index contributed by atoms with van der Waals surface area (Å²) >= 11 is 5.70. The Bertz CT molecular complexity index is 750. The van der Waals surface area contributed by atoms with Gasteiger partial charge >= 0.3 is 10.1 Å². The normalized spacial score (nSPS) is 15.4. The van der Waals surface area contributed by atoms with Crippen LogP contribution in [0.25, 0.3) is 0 Å². The molecule has 0 N–H and O–H groups in total. The van der Waals surface area contributed by atoms with E-state index in [2.05, 4.69) is 5.16 Å². The summed E-state index contributed by atoms with van der Waals surface area (Å²) in [6.07, 6.45) is 2.73. The Kier molecular flexibility index (Phi) is 4.29. The molecule has 2 rings (SSSR count). The predicted octanol–water partition coefficient (Wildman–Crippen LogP) is 2.88. The molecule has 1 aromatic rings. The lowest BCUT2D eigenvalue weighted by Gasteiger charge is -2.10. The molecule has 0 saturated carbocycles. The molecule has 0 amide bonds. The van der Waals surface area contributed by atoms with Crippen LogP contribution >= 0.6 is 11.6 Å². The molecule has 0 aromatic heterocycles. The highest BCUT2D eigenvalue weighted by molar-refractivity contribution is 7.86. The van der Waals surface area contributed by atoms with Gasteiger partial charge in [-0.2, -0.15) is 8.42 Å². The van der Waals surface area contributed by atoms with Crippen molar-refractivity contribution in [2.75, 3.05) is 0 Å². The zero-order valence-electron chi connectivity index (χ0n) is 11.3. The van der Waals surface area contributed by atoms with Crippen LogP contribution in [-0.4, -0.2) is 19.9 Å². The molecular formula is C14H12ClNO4S. The van der Waals surface area contributed by atoms with Crippen LogP contribution in [0.1, 0.15) is 13.8 Å². The van der Waals surface area contributed by atoms with Crippen LogP contribution < -0.4 is 0 Å². The van der Waals surface area contributed by atoms with Gasteiger partial charge in [0.1, 0.15) is 10.6 Å². The van der Waals surface area contributed by atoms with Gasteiger partial charge in [-0.05, 0) is 61.4 Å². The molecule has 0 atom stereocenters. The Labute approximate surface area is 127 Å². The molecule has 0 fully saturated rings. The van der Waals surface area contributed by atoms with E-state index in [-0.39, 0.29) is 10.7 Å². The zero-order chi connectivity index (χ0) is 15.6. The third-order valence-corrected chi connectivity index (χ3v) is 4.17. The number of allylic oxidation sites excluding steroid dienone is 4. The molecule has 1 aliphatic carbocycles. The smallest absolute Gasteiger partial charge is 0.290 e. The van der Waals surface area contributed by atoms with Gasteiger partial charge in [0.25, 0.3) is 0 Å². The van der Waals surface area contributed by atoms with Crippen molar-refractivity contribution in [1.29, 1.82) is 0 Å². The summed E-state index contributed by atoms with van der Waals surface area (Å²) in [5.74, 6) is -0.162. The van der Waals surface area contributed by atoms with Crippen LogP contribution in [0.5, 0.6) is 0 Å². The second kappa shape index (κ2) is 5.83. The SMILES string of the molecule is CC1=CC(=O)C=C(C)C1=NOS(=O)(=O)c1ccc(Cl)cc1. The van der Waals surface area contributed by atoms with Crippen molar-refractivity contribution in [2.45, 2.75) is 18.7 Å². The number of nitrogens with zero attached hydrogens (tertiary/aromatic N) is 1. The number of benzene rings is 1. The Morgan fingerprint density at radius 3 is 2.10 bits per heavy atom. The maximum absolute atomic E-state index is 12.0. The minimum atomic E-state index is -4.02. The maximum Gasteiger partial charge on any atom is 0.358 e. The molecule has 5 nitrogen and oxygen atoms in total. The summed E-state index contributed by atoms with van der Waals surface area (Å²) in [5, 5.41) is 4.08. The van der Waals surface area contributed by atoms with Crippen molar-refractivity contribution < 1.29 is 17.5 Å². The first-order valence-corrected chi connectivity index (χ1v) is 7.77. The minimum absolute atomic E-state index is 0.0496. The van der Waals surface area contributed by atoms with Gasteiger partial charge in [-0.1, -0.05) is 16.8 Å². The van der Waals surface area contributed by atoms with E-state index in [0.29, 0.717) is 21.9 Å².